The Morgan fingerprint density at radius 3 is 2.17 bits per heavy atom. The standard InChI is InChI=1S/C13H8F8O3/c14-10(15)12(18,19)13(20,21)11(16,17)9(23)6-7(22)3-4-8-2-1-5-24-8/h1-5,10H,6H2/b4-3+. The van der Waals surface area contributed by atoms with Gasteiger partial charge >= 0.3 is 24.2 Å². The largest absolute Gasteiger partial charge is 0.465 e. The predicted octanol–water partition coefficient (Wildman–Crippen LogP) is 3.99. The fourth-order valence-corrected chi connectivity index (χ4v) is 1.41. The van der Waals surface area contributed by atoms with Crippen LogP contribution in [-0.4, -0.2) is 35.8 Å². The van der Waals surface area contributed by atoms with E-state index in [1.54, 1.807) is 0 Å². The Morgan fingerprint density at radius 2 is 1.71 bits per heavy atom. The molecule has 11 heteroatoms. The van der Waals surface area contributed by atoms with Crippen LogP contribution >= 0.6 is 0 Å². The van der Waals surface area contributed by atoms with Crippen LogP contribution in [0.5, 0.6) is 0 Å². The number of hydrogen-bond donors (Lipinski definition) is 0. The van der Waals surface area contributed by atoms with Crippen LogP contribution in [0.15, 0.2) is 28.9 Å². The van der Waals surface area contributed by atoms with Gasteiger partial charge in [0.25, 0.3) is 0 Å². The third kappa shape index (κ3) is 3.65. The molecule has 0 aliphatic rings. The van der Waals surface area contributed by atoms with Crippen LogP contribution in [0, 0.1) is 0 Å². The zero-order chi connectivity index (χ0) is 18.8. The molecule has 0 aromatic carbocycles. The molecule has 0 atom stereocenters. The highest BCUT2D eigenvalue weighted by atomic mass is 19.4. The number of hydrogen-bond acceptors (Lipinski definition) is 3. The lowest BCUT2D eigenvalue weighted by Gasteiger charge is -2.31. The van der Waals surface area contributed by atoms with Gasteiger partial charge in [-0.25, -0.2) is 8.78 Å². The molecule has 0 amide bonds. The second-order valence-corrected chi connectivity index (χ2v) is 4.49. The molecule has 3 nitrogen and oxygen atoms in total. The molecule has 24 heavy (non-hydrogen) atoms. The van der Waals surface area contributed by atoms with Gasteiger partial charge in [-0.15, -0.1) is 0 Å². The van der Waals surface area contributed by atoms with Gasteiger partial charge in [0.2, 0.25) is 5.78 Å². The van der Waals surface area contributed by atoms with Gasteiger partial charge in [-0.05, 0) is 24.3 Å². The molecular formula is C13H8F8O3. The summed E-state index contributed by atoms with van der Waals surface area (Å²) in [6.07, 6.45) is -4.44. The topological polar surface area (TPSA) is 47.3 Å². The van der Waals surface area contributed by atoms with E-state index in [0.29, 0.717) is 6.08 Å². The van der Waals surface area contributed by atoms with Crippen molar-refractivity contribution in [2.75, 3.05) is 0 Å². The minimum atomic E-state index is -6.67. The van der Waals surface area contributed by atoms with E-state index in [0.717, 1.165) is 6.08 Å². The monoisotopic (exact) mass is 364 g/mol. The van der Waals surface area contributed by atoms with Gasteiger partial charge in [0.1, 0.15) is 5.76 Å². The van der Waals surface area contributed by atoms with E-state index in [9.17, 15) is 44.7 Å². The molecule has 0 N–H and O–H groups in total. The summed E-state index contributed by atoms with van der Waals surface area (Å²) < 4.78 is 106. The minimum Gasteiger partial charge on any atom is -0.465 e. The second kappa shape index (κ2) is 6.73. The van der Waals surface area contributed by atoms with Crippen molar-refractivity contribution in [3.8, 4) is 0 Å². The molecule has 0 saturated carbocycles. The summed E-state index contributed by atoms with van der Waals surface area (Å²) in [5, 5.41) is 0. The smallest absolute Gasteiger partial charge is 0.385 e. The molecular weight excluding hydrogens is 356 g/mol. The van der Waals surface area contributed by atoms with Crippen LogP contribution < -0.4 is 0 Å². The molecule has 0 radical (unpaired) electrons. The maximum absolute atomic E-state index is 13.2. The first-order valence-electron chi connectivity index (χ1n) is 6.03. The molecule has 134 valence electrons. The minimum absolute atomic E-state index is 0.0529. The number of carbonyl (C=O) groups excluding carboxylic acids is 2. The molecule has 0 bridgehead atoms. The first kappa shape index (κ1) is 19.8. The summed E-state index contributed by atoms with van der Waals surface area (Å²) in [6, 6.07) is 2.70. The van der Waals surface area contributed by atoms with Crippen LogP contribution in [0.3, 0.4) is 0 Å². The average molecular weight is 364 g/mol. The van der Waals surface area contributed by atoms with Gasteiger partial charge < -0.3 is 4.42 Å². The quantitative estimate of drug-likeness (QED) is 0.398. The molecule has 0 saturated heterocycles. The number of allylic oxidation sites excluding steroid dienone is 1. The molecule has 1 rings (SSSR count). The number of ketones is 2. The summed E-state index contributed by atoms with van der Waals surface area (Å²) in [4.78, 5) is 22.3. The van der Waals surface area contributed by atoms with Gasteiger partial charge in [-0.3, -0.25) is 9.59 Å². The highest BCUT2D eigenvalue weighted by Gasteiger charge is 2.77. The number of alkyl halides is 8. The zero-order valence-electron chi connectivity index (χ0n) is 11.4. The van der Waals surface area contributed by atoms with E-state index < -0.39 is 42.2 Å². The number of Topliss-reactive ketones (excluding diaryl/α,β-unsaturated/α-hetero) is 1. The van der Waals surface area contributed by atoms with Crippen LogP contribution in [-0.2, 0) is 9.59 Å². The molecule has 1 aromatic rings. The van der Waals surface area contributed by atoms with Crippen molar-refractivity contribution in [1.82, 2.24) is 0 Å². The van der Waals surface area contributed by atoms with E-state index in [-0.39, 0.29) is 5.76 Å². The zero-order valence-corrected chi connectivity index (χ0v) is 11.4. The average Bonchev–Trinajstić information content (AvgIpc) is 2.97. The van der Waals surface area contributed by atoms with E-state index in [4.69, 9.17) is 4.42 Å². The Balaban J connectivity index is 2.90. The molecule has 0 aliphatic heterocycles. The fraction of sp³-hybridized carbons (Fsp3) is 0.385. The second-order valence-electron chi connectivity index (χ2n) is 4.49. The summed E-state index contributed by atoms with van der Waals surface area (Å²) in [5.41, 5.74) is 0. The third-order valence-corrected chi connectivity index (χ3v) is 2.75. The molecule has 0 fully saturated rings. The van der Waals surface area contributed by atoms with Crippen molar-refractivity contribution < 1.29 is 49.1 Å². The summed E-state index contributed by atoms with van der Waals surface area (Å²) in [6.45, 7) is 0. The molecule has 0 spiro atoms. The normalized spacial score (nSPS) is 13.7. The van der Waals surface area contributed by atoms with Crippen molar-refractivity contribution in [2.45, 2.75) is 30.6 Å². The van der Waals surface area contributed by atoms with Gasteiger partial charge in [0.15, 0.2) is 5.78 Å². The number of carbonyl (C=O) groups is 2. The summed E-state index contributed by atoms with van der Waals surface area (Å²) in [7, 11) is 0. The van der Waals surface area contributed by atoms with Crippen LogP contribution in [0.25, 0.3) is 6.08 Å². The maximum atomic E-state index is 13.2. The highest BCUT2D eigenvalue weighted by molar-refractivity contribution is 6.08. The Labute approximate surface area is 128 Å². The van der Waals surface area contributed by atoms with Crippen molar-refractivity contribution in [3.05, 3.63) is 30.2 Å². The molecule has 0 unspecified atom stereocenters. The van der Waals surface area contributed by atoms with Crippen LogP contribution in [0.1, 0.15) is 12.2 Å². The molecule has 0 aliphatic carbocycles. The van der Waals surface area contributed by atoms with Crippen LogP contribution in [0.4, 0.5) is 35.1 Å². The van der Waals surface area contributed by atoms with Crippen molar-refractivity contribution in [2.24, 2.45) is 0 Å². The highest BCUT2D eigenvalue weighted by Crippen LogP contribution is 2.49. The number of furan rings is 1. The van der Waals surface area contributed by atoms with E-state index in [1.165, 1.54) is 18.4 Å². The Bertz CT molecular complexity index is 619. The summed E-state index contributed by atoms with van der Waals surface area (Å²) in [5.74, 6) is -23.6. The van der Waals surface area contributed by atoms with Crippen molar-refractivity contribution in [1.29, 1.82) is 0 Å². The Kier molecular flexibility index (Phi) is 5.57. The van der Waals surface area contributed by atoms with Gasteiger partial charge in [0, 0.05) is 0 Å². The first-order chi connectivity index (χ1) is 10.8. The lowest BCUT2D eigenvalue weighted by Crippen LogP contribution is -2.60. The SMILES string of the molecule is O=C(/C=C/c1ccco1)CC(=O)C(F)(F)C(F)(F)C(F)(F)C(F)F. The van der Waals surface area contributed by atoms with E-state index in [1.807, 2.05) is 0 Å². The van der Waals surface area contributed by atoms with Crippen molar-refractivity contribution in [3.63, 3.8) is 0 Å². The van der Waals surface area contributed by atoms with Gasteiger partial charge in [0.05, 0.1) is 12.7 Å². The predicted molar refractivity (Wildman–Crippen MR) is 63.2 cm³/mol. The number of rotatable bonds is 8. The molecule has 1 aromatic heterocycles. The number of halogens is 8. The van der Waals surface area contributed by atoms with Gasteiger partial charge in [-0.1, -0.05) is 0 Å². The maximum Gasteiger partial charge on any atom is 0.385 e. The lowest BCUT2D eigenvalue weighted by molar-refractivity contribution is -0.327. The van der Waals surface area contributed by atoms with Gasteiger partial charge in [-0.2, -0.15) is 26.3 Å². The molecule has 1 heterocycles. The fourth-order valence-electron chi connectivity index (χ4n) is 1.41. The third-order valence-electron chi connectivity index (χ3n) is 2.75. The van der Waals surface area contributed by atoms with Crippen molar-refractivity contribution >= 4 is 17.6 Å². The Morgan fingerprint density at radius 1 is 1.12 bits per heavy atom. The first-order valence-corrected chi connectivity index (χ1v) is 6.03. The van der Waals surface area contributed by atoms with Crippen LogP contribution in [0.2, 0.25) is 0 Å². The lowest BCUT2D eigenvalue weighted by atomic mass is 9.97. The Hall–Kier alpha value is -2.20. The van der Waals surface area contributed by atoms with E-state index in [2.05, 4.69) is 0 Å². The summed E-state index contributed by atoms with van der Waals surface area (Å²) >= 11 is 0. The van der Waals surface area contributed by atoms with E-state index >= 15 is 0 Å².